The maximum Gasteiger partial charge on any atom is 0.321 e. The fraction of sp³-hybridized carbons (Fsp3) is 0.600. The van der Waals surface area contributed by atoms with Crippen molar-refractivity contribution in [3.8, 4) is 0 Å². The molecule has 0 atom stereocenters. The van der Waals surface area contributed by atoms with Crippen LogP contribution in [-0.4, -0.2) is 67.6 Å². The summed E-state index contributed by atoms with van der Waals surface area (Å²) in [7, 11) is 0. The summed E-state index contributed by atoms with van der Waals surface area (Å²) < 4.78 is 0. The van der Waals surface area contributed by atoms with E-state index in [1.54, 1.807) is 4.90 Å². The summed E-state index contributed by atoms with van der Waals surface area (Å²) in [5.41, 5.74) is 1.50. The van der Waals surface area contributed by atoms with E-state index in [4.69, 9.17) is 0 Å². The lowest BCUT2D eigenvalue weighted by Gasteiger charge is -2.28. The van der Waals surface area contributed by atoms with Crippen LogP contribution in [0.15, 0.2) is 24.3 Å². The number of nitrogens with zero attached hydrogens (tertiary/aromatic N) is 3. The predicted molar refractivity (Wildman–Crippen MR) is 106 cm³/mol. The number of rotatable bonds is 9. The average molecular weight is 361 g/mol. The predicted octanol–water partition coefficient (Wildman–Crippen LogP) is 2.66. The van der Waals surface area contributed by atoms with Crippen LogP contribution < -0.4 is 10.2 Å². The molecule has 6 heteroatoms. The van der Waals surface area contributed by atoms with Crippen molar-refractivity contribution in [2.75, 3.05) is 50.7 Å². The van der Waals surface area contributed by atoms with E-state index in [9.17, 15) is 9.59 Å². The zero-order valence-electron chi connectivity index (χ0n) is 16.5. The highest BCUT2D eigenvalue weighted by Crippen LogP contribution is 2.18. The molecule has 144 valence electrons. The number of urea groups is 1. The van der Waals surface area contributed by atoms with Crippen LogP contribution in [0.5, 0.6) is 0 Å². The summed E-state index contributed by atoms with van der Waals surface area (Å²) in [6.45, 7) is 14.2. The number of likely N-dealkylation sites (N-methyl/N-ethyl adjacent to an activating group) is 1. The molecule has 1 fully saturated rings. The van der Waals surface area contributed by atoms with Gasteiger partial charge < -0.3 is 15.1 Å². The normalized spacial score (nSPS) is 14.2. The van der Waals surface area contributed by atoms with E-state index in [2.05, 4.69) is 37.9 Å². The molecule has 0 saturated carbocycles. The van der Waals surface area contributed by atoms with Crippen molar-refractivity contribution >= 4 is 17.6 Å². The Balaban J connectivity index is 2.07. The highest BCUT2D eigenvalue weighted by atomic mass is 16.2. The number of hydrogen-bond donors (Lipinski definition) is 1. The summed E-state index contributed by atoms with van der Waals surface area (Å²) in [6, 6.07) is 7.29. The number of benzene rings is 1. The Bertz CT molecular complexity index is 596. The molecule has 2 rings (SSSR count). The molecule has 1 N–H and O–H groups in total. The summed E-state index contributed by atoms with van der Waals surface area (Å²) in [4.78, 5) is 30.7. The standard InChI is InChI=1S/C20H32N4O2/c1-5-22(6-2)13-14-23(15-16(3)4)19(25)17-7-9-18(10-8-17)24-12-11-21-20(24)26/h7-10,16H,5-6,11-15H2,1-4H3,(H,21,26). The fourth-order valence-electron chi connectivity index (χ4n) is 3.20. The highest BCUT2D eigenvalue weighted by molar-refractivity contribution is 5.97. The van der Waals surface area contributed by atoms with Gasteiger partial charge in [0, 0.05) is 44.0 Å². The molecule has 0 radical (unpaired) electrons. The average Bonchev–Trinajstić information content (AvgIpc) is 3.06. The van der Waals surface area contributed by atoms with Crippen LogP contribution in [-0.2, 0) is 0 Å². The first-order valence-electron chi connectivity index (χ1n) is 9.63. The monoisotopic (exact) mass is 360 g/mol. The first kappa shape index (κ1) is 20.2. The third-order valence-corrected chi connectivity index (χ3v) is 4.74. The molecule has 1 aliphatic rings. The number of carbonyl (C=O) groups is 2. The first-order chi connectivity index (χ1) is 12.5. The van der Waals surface area contributed by atoms with E-state index >= 15 is 0 Å². The second-order valence-corrected chi connectivity index (χ2v) is 7.10. The summed E-state index contributed by atoms with van der Waals surface area (Å²) >= 11 is 0. The largest absolute Gasteiger partial charge is 0.337 e. The van der Waals surface area contributed by atoms with Gasteiger partial charge in [-0.25, -0.2) is 4.79 Å². The van der Waals surface area contributed by atoms with Gasteiger partial charge in [-0.2, -0.15) is 0 Å². The van der Waals surface area contributed by atoms with Crippen LogP contribution in [0, 0.1) is 5.92 Å². The van der Waals surface area contributed by atoms with Crippen LogP contribution in [0.3, 0.4) is 0 Å². The van der Waals surface area contributed by atoms with Crippen molar-refractivity contribution in [1.82, 2.24) is 15.1 Å². The van der Waals surface area contributed by atoms with Gasteiger partial charge in [-0.1, -0.05) is 27.7 Å². The molecule has 0 spiro atoms. The Morgan fingerprint density at radius 3 is 2.31 bits per heavy atom. The molecule has 6 nitrogen and oxygen atoms in total. The smallest absolute Gasteiger partial charge is 0.321 e. The van der Waals surface area contributed by atoms with E-state index in [1.807, 2.05) is 29.2 Å². The Labute approximate surface area is 157 Å². The Hall–Kier alpha value is -2.08. The zero-order valence-corrected chi connectivity index (χ0v) is 16.5. The lowest BCUT2D eigenvalue weighted by molar-refractivity contribution is 0.0716. The Morgan fingerprint density at radius 1 is 1.15 bits per heavy atom. The number of anilines is 1. The van der Waals surface area contributed by atoms with E-state index < -0.39 is 0 Å². The van der Waals surface area contributed by atoms with Crippen LogP contribution >= 0.6 is 0 Å². The summed E-state index contributed by atoms with van der Waals surface area (Å²) in [5.74, 6) is 0.478. The number of carbonyl (C=O) groups excluding carboxylic acids is 2. The van der Waals surface area contributed by atoms with Crippen molar-refractivity contribution in [3.63, 3.8) is 0 Å². The minimum atomic E-state index is -0.0790. The lowest BCUT2D eigenvalue weighted by Crippen LogP contribution is -2.40. The molecule has 0 aliphatic carbocycles. The van der Waals surface area contributed by atoms with Gasteiger partial charge in [0.15, 0.2) is 0 Å². The molecule has 26 heavy (non-hydrogen) atoms. The number of hydrogen-bond acceptors (Lipinski definition) is 3. The minimum Gasteiger partial charge on any atom is -0.337 e. The van der Waals surface area contributed by atoms with Crippen molar-refractivity contribution in [1.29, 1.82) is 0 Å². The molecule has 0 bridgehead atoms. The molecule has 0 aromatic heterocycles. The zero-order chi connectivity index (χ0) is 19.1. The van der Waals surface area contributed by atoms with Gasteiger partial charge in [-0.15, -0.1) is 0 Å². The molecule has 0 unspecified atom stereocenters. The van der Waals surface area contributed by atoms with Gasteiger partial charge >= 0.3 is 6.03 Å². The van der Waals surface area contributed by atoms with Crippen LogP contribution in [0.1, 0.15) is 38.1 Å². The van der Waals surface area contributed by atoms with Crippen molar-refractivity contribution in [3.05, 3.63) is 29.8 Å². The number of amides is 3. The van der Waals surface area contributed by atoms with Crippen LogP contribution in [0.4, 0.5) is 10.5 Å². The van der Waals surface area contributed by atoms with E-state index in [0.717, 1.165) is 38.4 Å². The molecule has 1 aliphatic heterocycles. The third-order valence-electron chi connectivity index (χ3n) is 4.74. The maximum absolute atomic E-state index is 13.0. The third kappa shape index (κ3) is 5.21. The van der Waals surface area contributed by atoms with Gasteiger partial charge in [0.1, 0.15) is 0 Å². The van der Waals surface area contributed by atoms with Crippen molar-refractivity contribution in [2.24, 2.45) is 5.92 Å². The molecule has 1 heterocycles. The van der Waals surface area contributed by atoms with Gasteiger partial charge in [0.05, 0.1) is 0 Å². The van der Waals surface area contributed by atoms with Gasteiger partial charge in [0.25, 0.3) is 5.91 Å². The van der Waals surface area contributed by atoms with Crippen LogP contribution in [0.2, 0.25) is 0 Å². The first-order valence-corrected chi connectivity index (χ1v) is 9.63. The Kier molecular flexibility index (Phi) is 7.45. The van der Waals surface area contributed by atoms with Gasteiger partial charge in [0.2, 0.25) is 0 Å². The molecule has 1 aromatic rings. The van der Waals surface area contributed by atoms with Crippen LogP contribution in [0.25, 0.3) is 0 Å². The molecular weight excluding hydrogens is 328 g/mol. The quantitative estimate of drug-likeness (QED) is 0.737. The van der Waals surface area contributed by atoms with Gasteiger partial charge in [-0.05, 0) is 43.3 Å². The van der Waals surface area contributed by atoms with Crippen molar-refractivity contribution < 1.29 is 9.59 Å². The maximum atomic E-state index is 13.0. The Morgan fingerprint density at radius 2 is 1.81 bits per heavy atom. The number of nitrogens with one attached hydrogen (secondary N) is 1. The van der Waals surface area contributed by atoms with Gasteiger partial charge in [-0.3, -0.25) is 9.69 Å². The lowest BCUT2D eigenvalue weighted by atomic mass is 10.1. The van der Waals surface area contributed by atoms with E-state index in [0.29, 0.717) is 24.6 Å². The van der Waals surface area contributed by atoms with E-state index in [1.165, 1.54) is 0 Å². The second-order valence-electron chi connectivity index (χ2n) is 7.10. The topological polar surface area (TPSA) is 55.9 Å². The highest BCUT2D eigenvalue weighted by Gasteiger charge is 2.22. The molecular formula is C20H32N4O2. The van der Waals surface area contributed by atoms with E-state index in [-0.39, 0.29) is 11.9 Å². The molecule has 3 amide bonds. The minimum absolute atomic E-state index is 0.0586. The molecule has 1 aromatic carbocycles. The second kappa shape index (κ2) is 9.57. The summed E-state index contributed by atoms with van der Waals surface area (Å²) in [6.07, 6.45) is 0. The van der Waals surface area contributed by atoms with Crippen molar-refractivity contribution in [2.45, 2.75) is 27.7 Å². The summed E-state index contributed by atoms with van der Waals surface area (Å²) in [5, 5.41) is 2.79. The SMILES string of the molecule is CCN(CC)CCN(CC(C)C)C(=O)c1ccc(N2CCNC2=O)cc1. The molecule has 1 saturated heterocycles. The fourth-order valence-corrected chi connectivity index (χ4v) is 3.20.